The van der Waals surface area contributed by atoms with Gasteiger partial charge in [0.15, 0.2) is 5.16 Å². The highest BCUT2D eigenvalue weighted by atomic mass is 32.2. The van der Waals surface area contributed by atoms with Crippen LogP contribution in [0.5, 0.6) is 5.75 Å². The molecule has 1 aliphatic rings. The number of phenolic OH excluding ortho intramolecular Hbond substituents is 1. The fourth-order valence-corrected chi connectivity index (χ4v) is 5.07. The van der Waals surface area contributed by atoms with Gasteiger partial charge in [0, 0.05) is 36.4 Å². The quantitative estimate of drug-likeness (QED) is 0.316. The Hall–Kier alpha value is -3.30. The number of anilines is 1. The number of ether oxygens (including phenoxy) is 1. The Kier molecular flexibility index (Phi) is 6.55. The number of nitrogens with zero attached hydrogens (tertiary/aromatic N) is 4. The predicted octanol–water partition coefficient (Wildman–Crippen LogP) is 3.83. The number of aromatic nitrogens is 3. The second-order valence-electron chi connectivity index (χ2n) is 8.16. The summed E-state index contributed by atoms with van der Waals surface area (Å²) in [6.07, 6.45) is 0.682. The van der Waals surface area contributed by atoms with Crippen molar-refractivity contribution in [2.45, 2.75) is 30.8 Å². The molecule has 1 saturated heterocycles. The molecule has 0 saturated carbocycles. The van der Waals surface area contributed by atoms with Crippen LogP contribution in [0.3, 0.4) is 0 Å². The van der Waals surface area contributed by atoms with Gasteiger partial charge in [-0.1, -0.05) is 49.0 Å². The lowest BCUT2D eigenvalue weighted by Crippen LogP contribution is -2.38. The molecule has 8 nitrogen and oxygen atoms in total. The number of phenols is 1. The van der Waals surface area contributed by atoms with Gasteiger partial charge in [0.05, 0.1) is 19.8 Å². The molecule has 0 radical (unpaired) electrons. The minimum Gasteiger partial charge on any atom is -0.508 e. The molecule has 9 heteroatoms. The summed E-state index contributed by atoms with van der Waals surface area (Å²) in [5.41, 5.74) is 2.76. The Labute approximate surface area is 201 Å². The lowest BCUT2D eigenvalue weighted by atomic mass is 10.1. The van der Waals surface area contributed by atoms with Crippen molar-refractivity contribution in [1.82, 2.24) is 14.8 Å². The van der Waals surface area contributed by atoms with Gasteiger partial charge in [0.25, 0.3) is 0 Å². The minimum absolute atomic E-state index is 0.140. The van der Waals surface area contributed by atoms with Gasteiger partial charge in [-0.25, -0.2) is 4.79 Å². The molecule has 3 heterocycles. The Balaban J connectivity index is 1.48. The molecule has 0 unspecified atom stereocenters. The van der Waals surface area contributed by atoms with Gasteiger partial charge in [-0.05, 0) is 29.2 Å². The molecule has 2 aromatic heterocycles. The van der Waals surface area contributed by atoms with E-state index >= 15 is 0 Å². The van der Waals surface area contributed by atoms with Crippen LogP contribution in [0.25, 0.3) is 11.0 Å². The first-order chi connectivity index (χ1) is 16.6. The van der Waals surface area contributed by atoms with Crippen LogP contribution < -0.4 is 10.5 Å². The Morgan fingerprint density at radius 3 is 2.62 bits per heavy atom. The summed E-state index contributed by atoms with van der Waals surface area (Å²) >= 11 is 1.53. The molecular weight excluding hydrogens is 452 g/mol. The van der Waals surface area contributed by atoms with Gasteiger partial charge >= 0.3 is 5.63 Å². The predicted molar refractivity (Wildman–Crippen MR) is 132 cm³/mol. The van der Waals surface area contributed by atoms with Crippen molar-refractivity contribution in [1.29, 1.82) is 0 Å². The first kappa shape index (κ1) is 22.5. The van der Waals surface area contributed by atoms with E-state index in [4.69, 9.17) is 9.15 Å². The molecule has 176 valence electrons. The molecule has 0 amide bonds. The van der Waals surface area contributed by atoms with Gasteiger partial charge in [-0.15, -0.1) is 10.2 Å². The van der Waals surface area contributed by atoms with Crippen LogP contribution in [0.1, 0.15) is 23.6 Å². The summed E-state index contributed by atoms with van der Waals surface area (Å²) < 4.78 is 13.0. The van der Waals surface area contributed by atoms with Crippen molar-refractivity contribution in [3.63, 3.8) is 0 Å². The zero-order valence-corrected chi connectivity index (χ0v) is 19.8. The average molecular weight is 479 g/mol. The molecule has 4 aromatic rings. The molecule has 0 bridgehead atoms. The molecule has 0 atom stereocenters. The number of fused-ring (bicyclic) bond motifs is 1. The van der Waals surface area contributed by atoms with Gasteiger partial charge in [0.1, 0.15) is 11.3 Å². The molecule has 1 N–H and O–H groups in total. The summed E-state index contributed by atoms with van der Waals surface area (Å²) in [7, 11) is 0. The van der Waals surface area contributed by atoms with Crippen molar-refractivity contribution in [2.24, 2.45) is 0 Å². The molecule has 34 heavy (non-hydrogen) atoms. The molecular formula is C25H26N4O4S. The van der Waals surface area contributed by atoms with E-state index < -0.39 is 5.63 Å². The molecule has 1 aliphatic heterocycles. The summed E-state index contributed by atoms with van der Waals surface area (Å²) in [4.78, 5) is 14.4. The monoisotopic (exact) mass is 478 g/mol. The Morgan fingerprint density at radius 1 is 1.06 bits per heavy atom. The number of benzene rings is 2. The number of rotatable bonds is 7. The number of aromatic hydroxyl groups is 1. The van der Waals surface area contributed by atoms with E-state index in [-0.39, 0.29) is 5.75 Å². The third-order valence-corrected chi connectivity index (χ3v) is 6.96. The smallest absolute Gasteiger partial charge is 0.336 e. The van der Waals surface area contributed by atoms with Crippen LogP contribution in [0.2, 0.25) is 0 Å². The summed E-state index contributed by atoms with van der Waals surface area (Å²) in [5.74, 6) is 1.48. The van der Waals surface area contributed by atoms with E-state index in [0.29, 0.717) is 37.5 Å². The van der Waals surface area contributed by atoms with E-state index in [9.17, 15) is 9.90 Å². The van der Waals surface area contributed by atoms with E-state index in [1.165, 1.54) is 23.9 Å². The lowest BCUT2D eigenvalue weighted by Gasteiger charge is -2.28. The number of hydrogen-bond acceptors (Lipinski definition) is 8. The number of aryl methyl sites for hydroxylation is 1. The fourth-order valence-electron chi connectivity index (χ4n) is 4.14. The Bertz CT molecular complexity index is 1350. The molecule has 2 aromatic carbocycles. The molecule has 0 spiro atoms. The van der Waals surface area contributed by atoms with E-state index in [1.807, 2.05) is 31.2 Å². The van der Waals surface area contributed by atoms with Crippen molar-refractivity contribution in [3.8, 4) is 5.75 Å². The highest BCUT2D eigenvalue weighted by Crippen LogP contribution is 2.31. The van der Waals surface area contributed by atoms with Gasteiger partial charge < -0.3 is 19.2 Å². The third-order valence-electron chi connectivity index (χ3n) is 5.94. The van der Waals surface area contributed by atoms with Crippen molar-refractivity contribution in [2.75, 3.05) is 31.2 Å². The van der Waals surface area contributed by atoms with Crippen LogP contribution >= 0.6 is 11.8 Å². The van der Waals surface area contributed by atoms with Crippen molar-refractivity contribution >= 4 is 28.7 Å². The van der Waals surface area contributed by atoms with E-state index in [1.54, 1.807) is 0 Å². The summed E-state index contributed by atoms with van der Waals surface area (Å²) in [6, 6.07) is 15.2. The molecule has 5 rings (SSSR count). The lowest BCUT2D eigenvalue weighted by molar-refractivity contribution is 0.121. The summed E-state index contributed by atoms with van der Waals surface area (Å²) in [6.45, 7) is 5.50. The molecule has 0 aliphatic carbocycles. The molecule has 1 fully saturated rings. The number of hydrogen-bond donors (Lipinski definition) is 1. The third kappa shape index (κ3) is 4.67. The normalized spacial score (nSPS) is 14.1. The fraction of sp³-hybridized carbons (Fsp3) is 0.320. The van der Waals surface area contributed by atoms with Crippen molar-refractivity contribution < 1.29 is 14.3 Å². The maximum Gasteiger partial charge on any atom is 0.336 e. The maximum absolute atomic E-state index is 12.2. The zero-order valence-electron chi connectivity index (χ0n) is 18.9. The van der Waals surface area contributed by atoms with Crippen LogP contribution in [-0.2, 0) is 23.5 Å². The standard InChI is InChI=1S/C25H26N4O4S/c1-2-18-12-20-19(13-23(31)33-22(20)14-21(18)30)16-34-25-27-26-24(28-8-10-32-11-9-28)29(25)15-17-6-4-3-5-7-17/h3-7,12-14,30H,2,8-11,15-16H2,1H3. The topological polar surface area (TPSA) is 93.6 Å². The van der Waals surface area contributed by atoms with E-state index in [2.05, 4.69) is 31.8 Å². The maximum atomic E-state index is 12.2. The van der Waals surface area contributed by atoms with Gasteiger partial charge in [-0.2, -0.15) is 0 Å². The minimum atomic E-state index is -0.438. The first-order valence-electron chi connectivity index (χ1n) is 11.3. The number of morpholine rings is 1. The van der Waals surface area contributed by atoms with Crippen LogP contribution in [-0.4, -0.2) is 46.2 Å². The van der Waals surface area contributed by atoms with Crippen LogP contribution in [0, 0.1) is 0 Å². The van der Waals surface area contributed by atoms with Crippen LogP contribution in [0.4, 0.5) is 5.95 Å². The Morgan fingerprint density at radius 2 is 1.85 bits per heavy atom. The second-order valence-corrected chi connectivity index (χ2v) is 9.11. The first-order valence-corrected chi connectivity index (χ1v) is 12.3. The highest BCUT2D eigenvalue weighted by Gasteiger charge is 2.21. The van der Waals surface area contributed by atoms with Gasteiger partial charge in [-0.3, -0.25) is 4.57 Å². The summed E-state index contributed by atoms with van der Waals surface area (Å²) in [5, 5.41) is 20.8. The van der Waals surface area contributed by atoms with Gasteiger partial charge in [0.2, 0.25) is 5.95 Å². The van der Waals surface area contributed by atoms with Crippen molar-refractivity contribution in [3.05, 3.63) is 75.6 Å². The number of thioether (sulfide) groups is 1. The largest absolute Gasteiger partial charge is 0.508 e. The average Bonchev–Trinajstić information content (AvgIpc) is 3.25. The SMILES string of the molecule is CCc1cc2c(CSc3nnc(N4CCOCC4)n3Cc3ccccc3)cc(=O)oc2cc1O. The second kappa shape index (κ2) is 9.90. The zero-order chi connectivity index (χ0) is 23.5. The highest BCUT2D eigenvalue weighted by molar-refractivity contribution is 7.98. The van der Waals surface area contributed by atoms with Crippen LogP contribution in [0.15, 0.2) is 62.9 Å². The van der Waals surface area contributed by atoms with E-state index in [0.717, 1.165) is 46.3 Å².